The fourth-order valence-corrected chi connectivity index (χ4v) is 4.58. The van der Waals surface area contributed by atoms with E-state index in [9.17, 15) is 4.79 Å². The van der Waals surface area contributed by atoms with Crippen molar-refractivity contribution in [3.8, 4) is 5.75 Å². The average molecular weight is 451 g/mol. The van der Waals surface area contributed by atoms with Gasteiger partial charge < -0.3 is 24.3 Å². The summed E-state index contributed by atoms with van der Waals surface area (Å²) in [5.41, 5.74) is 3.47. The molecule has 2 aliphatic rings. The molecule has 1 aliphatic carbocycles. The van der Waals surface area contributed by atoms with Crippen molar-refractivity contribution in [3.63, 3.8) is 0 Å². The molecule has 2 aromatic heterocycles. The van der Waals surface area contributed by atoms with Crippen molar-refractivity contribution in [1.82, 2.24) is 19.5 Å². The minimum atomic E-state index is -0.141. The molecule has 1 saturated heterocycles. The van der Waals surface area contributed by atoms with Gasteiger partial charge in [-0.05, 0) is 44.2 Å². The number of fused-ring (bicyclic) bond motifs is 1. The maximum absolute atomic E-state index is 12.3. The van der Waals surface area contributed by atoms with Crippen LogP contribution in [-0.4, -0.2) is 58.0 Å². The normalized spacial score (nSPS) is 21.2. The van der Waals surface area contributed by atoms with Crippen molar-refractivity contribution in [1.29, 1.82) is 0 Å². The van der Waals surface area contributed by atoms with Gasteiger partial charge in [-0.15, -0.1) is 0 Å². The lowest BCUT2D eigenvalue weighted by Crippen LogP contribution is -2.36. The molecular formula is C24H30N6O3. The first-order valence-corrected chi connectivity index (χ1v) is 11.6. The standard InChI is InChI=1S/C24H30N6O3/c1-16-13-26-24(27-14-16)28-17-3-5-19(6-4-17)33-21-12-18(30-7-9-32-10-8-30)11-20-23(21)29(2)22(31)15-25-20/h11-15,17,19H,3-10H2,1-2H3,(H,26,27,28)/t17-,19+. The van der Waals surface area contributed by atoms with Gasteiger partial charge in [-0.3, -0.25) is 4.79 Å². The molecule has 174 valence electrons. The first kappa shape index (κ1) is 21.6. The van der Waals surface area contributed by atoms with Crippen LogP contribution in [0.25, 0.3) is 11.0 Å². The van der Waals surface area contributed by atoms with Crippen LogP contribution in [0.4, 0.5) is 11.6 Å². The molecule has 3 heterocycles. The number of morpholine rings is 1. The van der Waals surface area contributed by atoms with Crippen molar-refractivity contribution < 1.29 is 9.47 Å². The van der Waals surface area contributed by atoms with Gasteiger partial charge in [0.2, 0.25) is 5.95 Å². The molecule has 1 saturated carbocycles. The third-order valence-corrected chi connectivity index (χ3v) is 6.48. The first-order valence-electron chi connectivity index (χ1n) is 11.6. The van der Waals surface area contributed by atoms with Crippen LogP contribution in [0.2, 0.25) is 0 Å². The molecule has 0 spiro atoms. The van der Waals surface area contributed by atoms with Crippen LogP contribution >= 0.6 is 0 Å². The molecule has 0 radical (unpaired) electrons. The third-order valence-electron chi connectivity index (χ3n) is 6.48. The second-order valence-corrected chi connectivity index (χ2v) is 8.89. The van der Waals surface area contributed by atoms with Gasteiger partial charge in [-0.1, -0.05) is 0 Å². The van der Waals surface area contributed by atoms with E-state index in [0.717, 1.165) is 66.8 Å². The van der Waals surface area contributed by atoms with Crippen LogP contribution in [-0.2, 0) is 11.8 Å². The number of benzene rings is 1. The molecule has 0 bridgehead atoms. The minimum absolute atomic E-state index is 0.0837. The van der Waals surface area contributed by atoms with Crippen LogP contribution < -0.4 is 20.5 Å². The van der Waals surface area contributed by atoms with Crippen LogP contribution in [0.3, 0.4) is 0 Å². The lowest BCUT2D eigenvalue weighted by Gasteiger charge is -2.31. The van der Waals surface area contributed by atoms with E-state index < -0.39 is 0 Å². The Labute approximate surface area is 192 Å². The number of nitrogens with one attached hydrogen (secondary N) is 1. The number of aromatic nitrogens is 4. The SMILES string of the molecule is Cc1cnc(N[C@H]2CC[C@@H](Oc3cc(N4CCOCC4)cc4ncc(=O)n(C)c34)CC2)nc1. The molecular weight excluding hydrogens is 420 g/mol. The maximum Gasteiger partial charge on any atom is 0.269 e. The van der Waals surface area contributed by atoms with Crippen molar-refractivity contribution in [2.75, 3.05) is 36.5 Å². The zero-order valence-electron chi connectivity index (χ0n) is 19.2. The fraction of sp³-hybridized carbons (Fsp3) is 0.500. The third kappa shape index (κ3) is 4.78. The molecule has 2 fully saturated rings. The second-order valence-electron chi connectivity index (χ2n) is 8.89. The summed E-state index contributed by atoms with van der Waals surface area (Å²) in [6.07, 6.45) is 8.89. The van der Waals surface area contributed by atoms with E-state index in [-0.39, 0.29) is 11.7 Å². The number of ether oxygens (including phenoxy) is 2. The van der Waals surface area contributed by atoms with Gasteiger partial charge >= 0.3 is 0 Å². The van der Waals surface area contributed by atoms with Crippen molar-refractivity contribution >= 4 is 22.7 Å². The average Bonchev–Trinajstić information content (AvgIpc) is 2.84. The lowest BCUT2D eigenvalue weighted by molar-refractivity contribution is 0.122. The molecule has 1 aliphatic heterocycles. The van der Waals surface area contributed by atoms with Crippen LogP contribution in [0.5, 0.6) is 5.75 Å². The van der Waals surface area contributed by atoms with Gasteiger partial charge in [-0.2, -0.15) is 0 Å². The Morgan fingerprint density at radius 1 is 1.03 bits per heavy atom. The molecule has 5 rings (SSSR count). The zero-order valence-corrected chi connectivity index (χ0v) is 19.2. The van der Waals surface area contributed by atoms with E-state index in [1.54, 1.807) is 11.6 Å². The van der Waals surface area contributed by atoms with Gasteiger partial charge in [0.15, 0.2) is 0 Å². The van der Waals surface area contributed by atoms with Crippen molar-refractivity contribution in [2.45, 2.75) is 44.8 Å². The van der Waals surface area contributed by atoms with E-state index >= 15 is 0 Å². The number of nitrogens with zero attached hydrogens (tertiary/aromatic N) is 5. The van der Waals surface area contributed by atoms with Crippen LogP contribution in [0.15, 0.2) is 35.5 Å². The maximum atomic E-state index is 12.3. The predicted molar refractivity (Wildman–Crippen MR) is 127 cm³/mol. The van der Waals surface area contributed by atoms with Gasteiger partial charge in [-0.25, -0.2) is 15.0 Å². The summed E-state index contributed by atoms with van der Waals surface area (Å²) in [6, 6.07) is 4.42. The van der Waals surface area contributed by atoms with Gasteiger partial charge in [0.05, 0.1) is 31.0 Å². The quantitative estimate of drug-likeness (QED) is 0.634. The number of rotatable bonds is 5. The van der Waals surface area contributed by atoms with E-state index in [0.29, 0.717) is 25.2 Å². The second kappa shape index (κ2) is 9.35. The predicted octanol–water partition coefficient (Wildman–Crippen LogP) is 2.67. The van der Waals surface area contributed by atoms with E-state index in [2.05, 4.69) is 31.2 Å². The highest BCUT2D eigenvalue weighted by molar-refractivity contribution is 5.85. The Kier molecular flexibility index (Phi) is 6.13. The summed E-state index contributed by atoms with van der Waals surface area (Å²) in [6.45, 7) is 5.05. The van der Waals surface area contributed by atoms with Crippen LogP contribution in [0, 0.1) is 6.92 Å². The molecule has 9 heteroatoms. The summed E-state index contributed by atoms with van der Waals surface area (Å²) >= 11 is 0. The Balaban J connectivity index is 1.34. The topological polar surface area (TPSA) is 94.4 Å². The molecule has 9 nitrogen and oxygen atoms in total. The Morgan fingerprint density at radius 3 is 2.48 bits per heavy atom. The van der Waals surface area contributed by atoms with E-state index in [1.807, 2.05) is 25.4 Å². The number of anilines is 2. The largest absolute Gasteiger partial charge is 0.488 e. The van der Waals surface area contributed by atoms with Gasteiger partial charge in [0.1, 0.15) is 11.3 Å². The van der Waals surface area contributed by atoms with E-state index in [1.165, 1.54) is 6.20 Å². The zero-order chi connectivity index (χ0) is 22.8. The molecule has 33 heavy (non-hydrogen) atoms. The van der Waals surface area contributed by atoms with E-state index in [4.69, 9.17) is 9.47 Å². The molecule has 1 N–H and O–H groups in total. The monoisotopic (exact) mass is 450 g/mol. The summed E-state index contributed by atoms with van der Waals surface area (Å²) < 4.78 is 13.7. The molecule has 3 aromatic rings. The smallest absolute Gasteiger partial charge is 0.269 e. The number of hydrogen-bond donors (Lipinski definition) is 1. The fourth-order valence-electron chi connectivity index (χ4n) is 4.58. The summed E-state index contributed by atoms with van der Waals surface area (Å²) in [5, 5.41) is 3.44. The molecule has 0 unspecified atom stereocenters. The summed E-state index contributed by atoms with van der Waals surface area (Å²) in [5.74, 6) is 1.40. The highest BCUT2D eigenvalue weighted by Gasteiger charge is 2.25. The highest BCUT2D eigenvalue weighted by Crippen LogP contribution is 2.33. The molecule has 0 amide bonds. The molecule has 0 atom stereocenters. The van der Waals surface area contributed by atoms with Crippen molar-refractivity contribution in [2.24, 2.45) is 7.05 Å². The summed E-state index contributed by atoms with van der Waals surface area (Å²) in [7, 11) is 1.77. The summed E-state index contributed by atoms with van der Waals surface area (Å²) in [4.78, 5) is 27.7. The Morgan fingerprint density at radius 2 is 1.76 bits per heavy atom. The van der Waals surface area contributed by atoms with Crippen LogP contribution in [0.1, 0.15) is 31.2 Å². The number of hydrogen-bond acceptors (Lipinski definition) is 8. The number of aryl methyl sites for hydroxylation is 2. The minimum Gasteiger partial charge on any atom is -0.488 e. The lowest BCUT2D eigenvalue weighted by atomic mass is 9.93. The Hall–Kier alpha value is -3.20. The Bertz CT molecular complexity index is 1170. The van der Waals surface area contributed by atoms with Crippen molar-refractivity contribution in [3.05, 3.63) is 46.6 Å². The van der Waals surface area contributed by atoms with Gasteiger partial charge in [0, 0.05) is 50.3 Å². The molecule has 1 aromatic carbocycles. The first-order chi connectivity index (χ1) is 16.1. The van der Waals surface area contributed by atoms with Gasteiger partial charge in [0.25, 0.3) is 5.56 Å². The highest BCUT2D eigenvalue weighted by atomic mass is 16.5.